The summed E-state index contributed by atoms with van der Waals surface area (Å²) in [5, 5.41) is 1.03. The number of hydrogen-bond donors (Lipinski definition) is 0. The molecular formula is C13H12Cl3N3. The Hall–Kier alpha value is -1.42. The minimum atomic E-state index is 0. The molecule has 100 valence electrons. The van der Waals surface area contributed by atoms with Crippen molar-refractivity contribution in [3.63, 3.8) is 0 Å². The SMILES string of the molecule is Cl.Cl.Cl.c1ccc(-c2cccc3ncncc23)nc1. The van der Waals surface area contributed by atoms with Gasteiger partial charge in [-0.15, -0.1) is 37.2 Å². The van der Waals surface area contributed by atoms with Crippen LogP contribution in [0.25, 0.3) is 22.2 Å². The summed E-state index contributed by atoms with van der Waals surface area (Å²) in [7, 11) is 0. The zero-order valence-electron chi connectivity index (χ0n) is 9.76. The molecule has 3 nitrogen and oxygen atoms in total. The largest absolute Gasteiger partial charge is 0.256 e. The number of halogens is 3. The lowest BCUT2D eigenvalue weighted by atomic mass is 10.1. The van der Waals surface area contributed by atoms with Gasteiger partial charge >= 0.3 is 0 Å². The van der Waals surface area contributed by atoms with Gasteiger partial charge in [0.15, 0.2) is 0 Å². The zero-order chi connectivity index (χ0) is 10.8. The van der Waals surface area contributed by atoms with Crippen LogP contribution in [0.2, 0.25) is 0 Å². The Morgan fingerprint density at radius 1 is 0.789 bits per heavy atom. The summed E-state index contributed by atoms with van der Waals surface area (Å²) in [6.45, 7) is 0. The first-order chi connectivity index (χ1) is 7.95. The summed E-state index contributed by atoms with van der Waals surface area (Å²) < 4.78 is 0. The number of hydrogen-bond acceptors (Lipinski definition) is 3. The molecular weight excluding hydrogens is 305 g/mol. The Morgan fingerprint density at radius 2 is 1.63 bits per heavy atom. The van der Waals surface area contributed by atoms with Gasteiger partial charge in [0.1, 0.15) is 6.33 Å². The predicted molar refractivity (Wildman–Crippen MR) is 84.5 cm³/mol. The summed E-state index contributed by atoms with van der Waals surface area (Å²) in [5.74, 6) is 0. The van der Waals surface area contributed by atoms with E-state index >= 15 is 0 Å². The second-order valence-electron chi connectivity index (χ2n) is 3.48. The molecule has 19 heavy (non-hydrogen) atoms. The van der Waals surface area contributed by atoms with Gasteiger partial charge in [0, 0.05) is 23.3 Å². The number of benzene rings is 1. The molecule has 0 fully saturated rings. The normalized spacial score (nSPS) is 8.84. The van der Waals surface area contributed by atoms with E-state index < -0.39 is 0 Å². The van der Waals surface area contributed by atoms with Crippen LogP contribution in [0.1, 0.15) is 0 Å². The van der Waals surface area contributed by atoms with E-state index in [9.17, 15) is 0 Å². The van der Waals surface area contributed by atoms with E-state index in [1.165, 1.54) is 0 Å². The Balaban J connectivity index is 0.00000108. The first-order valence-electron chi connectivity index (χ1n) is 5.05. The van der Waals surface area contributed by atoms with Crippen LogP contribution in [0.15, 0.2) is 55.1 Å². The van der Waals surface area contributed by atoms with Gasteiger partial charge in [-0.05, 0) is 18.2 Å². The van der Waals surface area contributed by atoms with Gasteiger partial charge in [-0.3, -0.25) is 4.98 Å². The predicted octanol–water partition coefficient (Wildman–Crippen LogP) is 3.96. The molecule has 0 saturated carbocycles. The molecule has 0 bridgehead atoms. The van der Waals surface area contributed by atoms with Crippen LogP contribution in [-0.4, -0.2) is 15.0 Å². The smallest absolute Gasteiger partial charge is 0.116 e. The topological polar surface area (TPSA) is 38.7 Å². The molecule has 2 heterocycles. The Bertz CT molecular complexity index is 627. The quantitative estimate of drug-likeness (QED) is 0.682. The molecule has 3 rings (SSSR count). The lowest BCUT2D eigenvalue weighted by molar-refractivity contribution is 1.22. The average Bonchev–Trinajstić information content (AvgIpc) is 2.39. The first kappa shape index (κ1) is 17.6. The zero-order valence-corrected chi connectivity index (χ0v) is 12.2. The molecule has 6 heteroatoms. The molecule has 0 spiro atoms. The lowest BCUT2D eigenvalue weighted by Gasteiger charge is -2.03. The van der Waals surface area contributed by atoms with E-state index in [1.807, 2.05) is 42.6 Å². The van der Waals surface area contributed by atoms with Crippen molar-refractivity contribution in [2.24, 2.45) is 0 Å². The molecule has 0 N–H and O–H groups in total. The Labute approximate surface area is 129 Å². The van der Waals surface area contributed by atoms with E-state index in [2.05, 4.69) is 15.0 Å². The molecule has 0 atom stereocenters. The monoisotopic (exact) mass is 315 g/mol. The van der Waals surface area contributed by atoms with Gasteiger partial charge in [-0.2, -0.15) is 0 Å². The summed E-state index contributed by atoms with van der Waals surface area (Å²) in [4.78, 5) is 12.6. The number of rotatable bonds is 1. The lowest BCUT2D eigenvalue weighted by Crippen LogP contribution is -1.87. The molecule has 0 aliphatic heterocycles. The molecule has 1 aromatic carbocycles. The van der Waals surface area contributed by atoms with Crippen LogP contribution >= 0.6 is 37.2 Å². The van der Waals surface area contributed by atoms with Crippen molar-refractivity contribution in [1.29, 1.82) is 0 Å². The summed E-state index contributed by atoms with van der Waals surface area (Å²) in [6.07, 6.45) is 5.18. The number of nitrogens with zero attached hydrogens (tertiary/aromatic N) is 3. The van der Waals surface area contributed by atoms with Crippen molar-refractivity contribution in [1.82, 2.24) is 15.0 Å². The van der Waals surface area contributed by atoms with Crippen LogP contribution < -0.4 is 0 Å². The van der Waals surface area contributed by atoms with Crippen LogP contribution in [0.4, 0.5) is 0 Å². The highest BCUT2D eigenvalue weighted by molar-refractivity contribution is 5.92. The molecule has 0 aliphatic carbocycles. The fourth-order valence-electron chi connectivity index (χ4n) is 1.75. The Morgan fingerprint density at radius 3 is 2.37 bits per heavy atom. The fraction of sp³-hybridized carbons (Fsp3) is 0. The van der Waals surface area contributed by atoms with Gasteiger partial charge in [-0.1, -0.05) is 18.2 Å². The van der Waals surface area contributed by atoms with E-state index in [0.29, 0.717) is 0 Å². The fourth-order valence-corrected chi connectivity index (χ4v) is 1.75. The van der Waals surface area contributed by atoms with Crippen LogP contribution in [0.5, 0.6) is 0 Å². The summed E-state index contributed by atoms with van der Waals surface area (Å²) in [5.41, 5.74) is 2.96. The van der Waals surface area contributed by atoms with Crippen LogP contribution in [0, 0.1) is 0 Å². The maximum Gasteiger partial charge on any atom is 0.116 e. The van der Waals surface area contributed by atoms with Gasteiger partial charge in [0.2, 0.25) is 0 Å². The summed E-state index contributed by atoms with van der Waals surface area (Å²) in [6, 6.07) is 11.9. The number of pyridine rings is 1. The number of aromatic nitrogens is 3. The van der Waals surface area contributed by atoms with Crippen molar-refractivity contribution in [2.75, 3.05) is 0 Å². The van der Waals surface area contributed by atoms with E-state index in [1.54, 1.807) is 12.5 Å². The maximum absolute atomic E-state index is 4.34. The maximum atomic E-state index is 4.34. The minimum absolute atomic E-state index is 0. The van der Waals surface area contributed by atoms with Crippen molar-refractivity contribution in [2.45, 2.75) is 0 Å². The molecule has 0 amide bonds. The third-order valence-corrected chi connectivity index (χ3v) is 2.49. The highest BCUT2D eigenvalue weighted by Gasteiger charge is 2.04. The van der Waals surface area contributed by atoms with Crippen LogP contribution in [0.3, 0.4) is 0 Å². The highest BCUT2D eigenvalue weighted by atomic mass is 35.5. The molecule has 0 unspecified atom stereocenters. The highest BCUT2D eigenvalue weighted by Crippen LogP contribution is 2.24. The van der Waals surface area contributed by atoms with E-state index in [-0.39, 0.29) is 37.2 Å². The molecule has 0 aliphatic rings. The van der Waals surface area contributed by atoms with Crippen molar-refractivity contribution >= 4 is 48.1 Å². The summed E-state index contributed by atoms with van der Waals surface area (Å²) >= 11 is 0. The van der Waals surface area contributed by atoms with E-state index in [4.69, 9.17) is 0 Å². The standard InChI is InChI=1S/C13H9N3.3ClH/c1-2-7-15-12(5-1)10-4-3-6-13-11(10)8-14-9-16-13;;;/h1-9H;3*1H. The average molecular weight is 317 g/mol. The van der Waals surface area contributed by atoms with Gasteiger partial charge in [0.05, 0.1) is 11.2 Å². The second kappa shape index (κ2) is 7.89. The number of fused-ring (bicyclic) bond motifs is 1. The molecule has 0 saturated heterocycles. The van der Waals surface area contributed by atoms with Crippen molar-refractivity contribution in [3.05, 3.63) is 55.1 Å². The Kier molecular flexibility index (Phi) is 7.30. The first-order valence-corrected chi connectivity index (χ1v) is 5.05. The molecule has 0 radical (unpaired) electrons. The van der Waals surface area contributed by atoms with Gasteiger partial charge in [-0.25, -0.2) is 9.97 Å². The van der Waals surface area contributed by atoms with E-state index in [0.717, 1.165) is 22.2 Å². The van der Waals surface area contributed by atoms with Gasteiger partial charge in [0.25, 0.3) is 0 Å². The third-order valence-electron chi connectivity index (χ3n) is 2.49. The molecule has 3 aromatic rings. The minimum Gasteiger partial charge on any atom is -0.256 e. The molecule has 2 aromatic heterocycles. The van der Waals surface area contributed by atoms with Crippen molar-refractivity contribution < 1.29 is 0 Å². The third kappa shape index (κ3) is 3.53. The van der Waals surface area contributed by atoms with Crippen LogP contribution in [-0.2, 0) is 0 Å². The van der Waals surface area contributed by atoms with Crippen molar-refractivity contribution in [3.8, 4) is 11.3 Å². The second-order valence-corrected chi connectivity index (χ2v) is 3.48. The van der Waals surface area contributed by atoms with Gasteiger partial charge < -0.3 is 0 Å².